The van der Waals surface area contributed by atoms with Crippen LogP contribution in [0.3, 0.4) is 0 Å². The summed E-state index contributed by atoms with van der Waals surface area (Å²) in [4.78, 5) is 23.7. The van der Waals surface area contributed by atoms with E-state index in [2.05, 4.69) is 5.32 Å². The van der Waals surface area contributed by atoms with Gasteiger partial charge in [0, 0.05) is 6.04 Å². The quantitative estimate of drug-likeness (QED) is 0.433. The highest BCUT2D eigenvalue weighted by atomic mass is 32.2. The molecule has 1 aromatic carbocycles. The molecule has 0 unspecified atom stereocenters. The van der Waals surface area contributed by atoms with E-state index in [-0.39, 0.29) is 17.1 Å². The van der Waals surface area contributed by atoms with E-state index in [4.69, 9.17) is 14.7 Å². The maximum absolute atomic E-state index is 11.9. The SMILES string of the molecule is COc1ccc(/C=C(\C#N)C(=O)OCC(=O)N[C@@H]2CCS(=O)(=O)C2)cc1. The number of esters is 1. The van der Waals surface area contributed by atoms with Crippen LogP contribution < -0.4 is 10.1 Å². The normalized spacial score (nSPS) is 18.6. The molecular weight excluding hydrogens is 360 g/mol. The third kappa shape index (κ3) is 5.60. The molecule has 8 nitrogen and oxygen atoms in total. The third-order valence-corrected chi connectivity index (χ3v) is 5.47. The van der Waals surface area contributed by atoms with Crippen molar-refractivity contribution in [1.82, 2.24) is 5.32 Å². The fourth-order valence-electron chi connectivity index (χ4n) is 2.39. The van der Waals surface area contributed by atoms with Gasteiger partial charge in [-0.1, -0.05) is 12.1 Å². The zero-order valence-electron chi connectivity index (χ0n) is 14.1. The number of carbonyl (C=O) groups excluding carboxylic acids is 2. The summed E-state index contributed by atoms with van der Waals surface area (Å²) in [5, 5.41) is 11.6. The first-order valence-corrected chi connectivity index (χ1v) is 9.58. The van der Waals surface area contributed by atoms with Crippen LogP contribution in [-0.2, 0) is 24.2 Å². The van der Waals surface area contributed by atoms with E-state index in [0.29, 0.717) is 17.7 Å². The van der Waals surface area contributed by atoms with Crippen LogP contribution in [0.5, 0.6) is 5.75 Å². The molecule has 1 atom stereocenters. The first kappa shape index (κ1) is 19.5. The Kier molecular flexibility index (Phi) is 6.36. The molecule has 1 heterocycles. The number of nitrogens with zero attached hydrogens (tertiary/aromatic N) is 1. The zero-order chi connectivity index (χ0) is 19.2. The van der Waals surface area contributed by atoms with Crippen LogP contribution in [0.1, 0.15) is 12.0 Å². The fraction of sp³-hybridized carbons (Fsp3) is 0.353. The summed E-state index contributed by atoms with van der Waals surface area (Å²) in [7, 11) is -1.59. The van der Waals surface area contributed by atoms with Crippen LogP contribution in [0.25, 0.3) is 6.08 Å². The maximum Gasteiger partial charge on any atom is 0.349 e. The molecule has 26 heavy (non-hydrogen) atoms. The highest BCUT2D eigenvalue weighted by molar-refractivity contribution is 7.91. The molecular formula is C17H18N2O6S. The summed E-state index contributed by atoms with van der Waals surface area (Å²) in [5.41, 5.74) is 0.339. The van der Waals surface area contributed by atoms with Crippen molar-refractivity contribution >= 4 is 27.8 Å². The lowest BCUT2D eigenvalue weighted by atomic mass is 10.1. The highest BCUT2D eigenvalue weighted by Gasteiger charge is 2.29. The van der Waals surface area contributed by atoms with Crippen molar-refractivity contribution in [3.63, 3.8) is 0 Å². The van der Waals surface area contributed by atoms with Gasteiger partial charge in [0.1, 0.15) is 17.4 Å². The molecule has 1 N–H and O–H groups in total. The van der Waals surface area contributed by atoms with Gasteiger partial charge in [0.05, 0.1) is 18.6 Å². The van der Waals surface area contributed by atoms with Gasteiger partial charge in [-0.15, -0.1) is 0 Å². The maximum atomic E-state index is 11.9. The van der Waals surface area contributed by atoms with E-state index in [0.717, 1.165) is 0 Å². The van der Waals surface area contributed by atoms with Gasteiger partial charge in [0.25, 0.3) is 5.91 Å². The summed E-state index contributed by atoms with van der Waals surface area (Å²) < 4.78 is 32.5. The number of hydrogen-bond acceptors (Lipinski definition) is 7. The molecule has 1 fully saturated rings. The summed E-state index contributed by atoms with van der Waals surface area (Å²) in [6, 6.07) is 7.93. The number of ether oxygens (including phenoxy) is 2. The molecule has 2 rings (SSSR count). The third-order valence-electron chi connectivity index (χ3n) is 3.70. The first-order valence-electron chi connectivity index (χ1n) is 7.76. The molecule has 1 aromatic rings. The fourth-order valence-corrected chi connectivity index (χ4v) is 4.06. The van der Waals surface area contributed by atoms with E-state index < -0.39 is 34.4 Å². The number of sulfone groups is 1. The van der Waals surface area contributed by atoms with Gasteiger partial charge in [-0.2, -0.15) is 5.26 Å². The average Bonchev–Trinajstić information content (AvgIpc) is 2.96. The lowest BCUT2D eigenvalue weighted by molar-refractivity contribution is -0.144. The summed E-state index contributed by atoms with van der Waals surface area (Å²) in [6.45, 7) is -0.586. The molecule has 1 aliphatic rings. The largest absolute Gasteiger partial charge is 0.497 e. The van der Waals surface area contributed by atoms with Crippen molar-refractivity contribution in [2.24, 2.45) is 0 Å². The number of amides is 1. The van der Waals surface area contributed by atoms with Gasteiger partial charge in [-0.3, -0.25) is 4.79 Å². The molecule has 9 heteroatoms. The standard InChI is InChI=1S/C17H18N2O6S/c1-24-15-4-2-12(3-5-15)8-13(9-18)17(21)25-10-16(20)19-14-6-7-26(22,23)11-14/h2-5,8,14H,6-7,10-11H2,1H3,(H,19,20)/b13-8+/t14-/m1/s1. The predicted molar refractivity (Wildman–Crippen MR) is 92.7 cm³/mol. The monoisotopic (exact) mass is 378 g/mol. The number of carbonyl (C=O) groups is 2. The molecule has 0 radical (unpaired) electrons. The molecule has 0 aliphatic carbocycles. The van der Waals surface area contributed by atoms with Gasteiger partial charge >= 0.3 is 5.97 Å². The average molecular weight is 378 g/mol. The van der Waals surface area contributed by atoms with Crippen molar-refractivity contribution < 1.29 is 27.5 Å². The molecule has 138 valence electrons. The minimum atomic E-state index is -3.11. The number of hydrogen-bond donors (Lipinski definition) is 1. The number of nitrogens with one attached hydrogen (secondary N) is 1. The van der Waals surface area contributed by atoms with Crippen molar-refractivity contribution in [3.05, 3.63) is 35.4 Å². The van der Waals surface area contributed by atoms with Crippen molar-refractivity contribution in [3.8, 4) is 11.8 Å². The highest BCUT2D eigenvalue weighted by Crippen LogP contribution is 2.14. The summed E-state index contributed by atoms with van der Waals surface area (Å²) >= 11 is 0. The lowest BCUT2D eigenvalue weighted by Gasteiger charge is -2.10. The van der Waals surface area contributed by atoms with Crippen molar-refractivity contribution in [2.45, 2.75) is 12.5 Å². The van der Waals surface area contributed by atoms with Gasteiger partial charge in [-0.05, 0) is 30.2 Å². The van der Waals surface area contributed by atoms with Crippen LogP contribution >= 0.6 is 0 Å². The van der Waals surface area contributed by atoms with Gasteiger partial charge in [0.2, 0.25) is 0 Å². The number of benzene rings is 1. The Hall–Kier alpha value is -2.86. The molecule has 0 bridgehead atoms. The summed E-state index contributed by atoms with van der Waals surface area (Å²) in [6.07, 6.45) is 1.67. The van der Waals surface area contributed by atoms with Crippen molar-refractivity contribution in [1.29, 1.82) is 5.26 Å². The van der Waals surface area contributed by atoms with E-state index in [1.807, 2.05) is 0 Å². The molecule has 0 spiro atoms. The van der Waals surface area contributed by atoms with Gasteiger partial charge in [-0.25, -0.2) is 13.2 Å². The van der Waals surface area contributed by atoms with E-state index in [9.17, 15) is 18.0 Å². The Labute approximate surface area is 151 Å². The topological polar surface area (TPSA) is 123 Å². The van der Waals surface area contributed by atoms with Crippen LogP contribution in [0.4, 0.5) is 0 Å². The van der Waals surface area contributed by atoms with Crippen molar-refractivity contribution in [2.75, 3.05) is 25.2 Å². The Morgan fingerprint density at radius 3 is 2.58 bits per heavy atom. The zero-order valence-corrected chi connectivity index (χ0v) is 14.9. The van der Waals surface area contributed by atoms with E-state index in [1.54, 1.807) is 30.3 Å². The smallest absolute Gasteiger partial charge is 0.349 e. The Bertz CT molecular complexity index is 852. The second-order valence-electron chi connectivity index (χ2n) is 5.69. The van der Waals surface area contributed by atoms with Crippen LogP contribution in [-0.4, -0.2) is 51.6 Å². The van der Waals surface area contributed by atoms with E-state index in [1.165, 1.54) is 13.2 Å². The lowest BCUT2D eigenvalue weighted by Crippen LogP contribution is -2.38. The molecule has 0 saturated carbocycles. The minimum absolute atomic E-state index is 0.0287. The Balaban J connectivity index is 1.89. The van der Waals surface area contributed by atoms with Crippen LogP contribution in [0.2, 0.25) is 0 Å². The minimum Gasteiger partial charge on any atom is -0.497 e. The first-order chi connectivity index (χ1) is 12.3. The molecule has 1 aliphatic heterocycles. The Morgan fingerprint density at radius 1 is 1.35 bits per heavy atom. The van der Waals surface area contributed by atoms with Crippen LogP contribution in [0, 0.1) is 11.3 Å². The van der Waals surface area contributed by atoms with E-state index >= 15 is 0 Å². The van der Waals surface area contributed by atoms with Gasteiger partial charge < -0.3 is 14.8 Å². The van der Waals surface area contributed by atoms with Crippen LogP contribution in [0.15, 0.2) is 29.8 Å². The predicted octanol–water partition coefficient (Wildman–Crippen LogP) is 0.449. The molecule has 1 saturated heterocycles. The Morgan fingerprint density at radius 2 is 2.04 bits per heavy atom. The number of methoxy groups -OCH3 is 1. The second-order valence-corrected chi connectivity index (χ2v) is 7.92. The summed E-state index contributed by atoms with van der Waals surface area (Å²) in [5.74, 6) is -0.998. The number of rotatable bonds is 6. The molecule has 1 amide bonds. The second kappa shape index (κ2) is 8.49. The number of nitriles is 1. The molecule has 0 aromatic heterocycles. The van der Waals surface area contributed by atoms with Gasteiger partial charge in [0.15, 0.2) is 16.4 Å².